The molecule has 0 fully saturated rings. The topological polar surface area (TPSA) is 90.0 Å². The van der Waals surface area contributed by atoms with Crippen molar-refractivity contribution in [1.82, 2.24) is 0 Å². The Labute approximate surface area is 169 Å². The maximum atomic E-state index is 12.9. The van der Waals surface area contributed by atoms with Crippen LogP contribution in [0.1, 0.15) is 6.92 Å². The van der Waals surface area contributed by atoms with E-state index in [1.54, 1.807) is 55.5 Å². The molecule has 1 amide bonds. The molecule has 0 heterocycles. The van der Waals surface area contributed by atoms with Crippen LogP contribution in [0.15, 0.2) is 88.8 Å². The second kappa shape index (κ2) is 10.2. The molecule has 0 radical (unpaired) electrons. The third kappa shape index (κ3) is 5.55. The number of allylic oxidation sites excluding steroid dienone is 2. The van der Waals surface area contributed by atoms with Crippen LogP contribution < -0.4 is 4.90 Å². The molecule has 0 aliphatic heterocycles. The summed E-state index contributed by atoms with van der Waals surface area (Å²) < 4.78 is 35.4. The lowest BCUT2D eigenvalue weighted by molar-refractivity contribution is -0.137. The molecule has 0 atom stereocenters. The zero-order chi connectivity index (χ0) is 21.3. The number of hydrogen-bond donors (Lipinski definition) is 0. The molecular formula is C21H21NO6S. The Morgan fingerprint density at radius 3 is 2.14 bits per heavy atom. The maximum Gasteiger partial charge on any atom is 0.418 e. The van der Waals surface area contributed by atoms with Crippen molar-refractivity contribution in [3.05, 3.63) is 83.9 Å². The van der Waals surface area contributed by atoms with E-state index in [9.17, 15) is 18.0 Å². The third-order valence-electron chi connectivity index (χ3n) is 3.71. The molecule has 0 aliphatic rings. The van der Waals surface area contributed by atoms with Crippen LogP contribution in [0.2, 0.25) is 0 Å². The highest BCUT2D eigenvalue weighted by Gasteiger charge is 2.27. The molecule has 152 valence electrons. The lowest BCUT2D eigenvalue weighted by Gasteiger charge is -2.16. The third-order valence-corrected chi connectivity index (χ3v) is 5.48. The molecule has 0 aliphatic carbocycles. The fourth-order valence-electron chi connectivity index (χ4n) is 2.35. The molecule has 2 aromatic rings. The Kier molecular flexibility index (Phi) is 7.73. The molecule has 2 aromatic carbocycles. The standard InChI is InChI=1S/C21H21NO6S/c1-3-28-20(23)19(29(25,26)18-13-8-5-9-14-18)15-10-16-22(21(24)27-2)17-11-6-4-7-12-17/h4-16H,3H2,1-2H3/b16-10+,19-15-. The molecule has 0 saturated heterocycles. The average molecular weight is 415 g/mol. The molecule has 2 rings (SSSR count). The number of rotatable bonds is 7. The predicted molar refractivity (Wildman–Crippen MR) is 109 cm³/mol. The minimum absolute atomic E-state index is 0.0164. The Morgan fingerprint density at radius 2 is 1.59 bits per heavy atom. The quantitative estimate of drug-likeness (QED) is 0.389. The van der Waals surface area contributed by atoms with Crippen molar-refractivity contribution in [2.75, 3.05) is 18.6 Å². The van der Waals surface area contributed by atoms with Gasteiger partial charge < -0.3 is 9.47 Å². The van der Waals surface area contributed by atoms with Crippen LogP contribution >= 0.6 is 0 Å². The van der Waals surface area contributed by atoms with Crippen molar-refractivity contribution in [2.45, 2.75) is 11.8 Å². The highest BCUT2D eigenvalue weighted by molar-refractivity contribution is 7.96. The van der Waals surface area contributed by atoms with Gasteiger partial charge in [-0.05, 0) is 43.3 Å². The number of carbonyl (C=O) groups excluding carboxylic acids is 2. The summed E-state index contributed by atoms with van der Waals surface area (Å²) in [6.07, 6.45) is 3.00. The SMILES string of the molecule is CCOC(=O)/C(=C/C=C/N(C(=O)OC)c1ccccc1)S(=O)(=O)c1ccccc1. The van der Waals surface area contributed by atoms with Crippen LogP contribution in [0.25, 0.3) is 0 Å². The van der Waals surface area contributed by atoms with Crippen LogP contribution in [-0.4, -0.2) is 34.2 Å². The summed E-state index contributed by atoms with van der Waals surface area (Å²) in [6, 6.07) is 16.2. The zero-order valence-corrected chi connectivity index (χ0v) is 16.8. The monoisotopic (exact) mass is 415 g/mol. The first-order chi connectivity index (χ1) is 13.9. The molecular weight excluding hydrogens is 394 g/mol. The number of methoxy groups -OCH3 is 1. The van der Waals surface area contributed by atoms with Gasteiger partial charge in [0, 0.05) is 6.20 Å². The number of benzene rings is 2. The summed E-state index contributed by atoms with van der Waals surface area (Å²) >= 11 is 0. The Morgan fingerprint density at radius 1 is 1.00 bits per heavy atom. The van der Waals surface area contributed by atoms with E-state index >= 15 is 0 Å². The van der Waals surface area contributed by atoms with E-state index in [-0.39, 0.29) is 11.5 Å². The van der Waals surface area contributed by atoms with Crippen molar-refractivity contribution in [2.24, 2.45) is 0 Å². The minimum atomic E-state index is -4.11. The van der Waals surface area contributed by atoms with Gasteiger partial charge in [-0.15, -0.1) is 0 Å². The van der Waals surface area contributed by atoms with E-state index in [1.807, 2.05) is 0 Å². The number of esters is 1. The van der Waals surface area contributed by atoms with Crippen LogP contribution in [0, 0.1) is 0 Å². The molecule has 0 bridgehead atoms. The Hall–Kier alpha value is -3.39. The first kappa shape index (κ1) is 21.9. The Balaban J connectivity index is 2.45. The smallest absolute Gasteiger partial charge is 0.418 e. The summed E-state index contributed by atoms with van der Waals surface area (Å²) in [5.74, 6) is -0.981. The van der Waals surface area contributed by atoms with E-state index in [4.69, 9.17) is 9.47 Å². The molecule has 0 saturated carbocycles. The van der Waals surface area contributed by atoms with Crippen molar-refractivity contribution in [1.29, 1.82) is 0 Å². The van der Waals surface area contributed by atoms with Gasteiger partial charge in [-0.3, -0.25) is 4.90 Å². The van der Waals surface area contributed by atoms with Crippen molar-refractivity contribution in [3.63, 3.8) is 0 Å². The molecule has 0 unspecified atom stereocenters. The van der Waals surface area contributed by atoms with Gasteiger partial charge in [0.15, 0.2) is 4.91 Å². The van der Waals surface area contributed by atoms with Gasteiger partial charge in [0.1, 0.15) is 0 Å². The second-order valence-electron chi connectivity index (χ2n) is 5.58. The number of sulfone groups is 1. The maximum absolute atomic E-state index is 12.9. The van der Waals surface area contributed by atoms with E-state index in [2.05, 4.69) is 0 Å². The number of nitrogens with zero attached hydrogens (tertiary/aromatic N) is 1. The predicted octanol–water partition coefficient (Wildman–Crippen LogP) is 3.69. The summed E-state index contributed by atoms with van der Waals surface area (Å²) in [7, 11) is -2.88. The van der Waals surface area contributed by atoms with E-state index in [1.165, 1.54) is 36.4 Å². The van der Waals surface area contributed by atoms with Gasteiger partial charge in [-0.2, -0.15) is 0 Å². The Bertz CT molecular complexity index is 998. The lowest BCUT2D eigenvalue weighted by atomic mass is 10.3. The van der Waals surface area contributed by atoms with Gasteiger partial charge in [0.25, 0.3) is 0 Å². The fourth-order valence-corrected chi connectivity index (χ4v) is 3.66. The largest absolute Gasteiger partial charge is 0.462 e. The number of carbonyl (C=O) groups is 2. The van der Waals surface area contributed by atoms with Crippen molar-refractivity contribution in [3.8, 4) is 0 Å². The summed E-state index contributed by atoms with van der Waals surface area (Å²) in [4.78, 5) is 24.9. The minimum Gasteiger partial charge on any atom is -0.462 e. The van der Waals surface area contributed by atoms with Crippen LogP contribution in [-0.2, 0) is 24.1 Å². The van der Waals surface area contributed by atoms with E-state index in [0.717, 1.165) is 6.08 Å². The molecule has 8 heteroatoms. The lowest BCUT2D eigenvalue weighted by Crippen LogP contribution is -2.24. The zero-order valence-electron chi connectivity index (χ0n) is 16.0. The number of hydrogen-bond acceptors (Lipinski definition) is 6. The van der Waals surface area contributed by atoms with Crippen LogP contribution in [0.5, 0.6) is 0 Å². The van der Waals surface area contributed by atoms with Gasteiger partial charge in [-0.1, -0.05) is 36.4 Å². The van der Waals surface area contributed by atoms with Crippen molar-refractivity contribution >= 4 is 27.6 Å². The molecule has 0 N–H and O–H groups in total. The first-order valence-corrected chi connectivity index (χ1v) is 10.2. The molecule has 0 aromatic heterocycles. The van der Waals surface area contributed by atoms with E-state index in [0.29, 0.717) is 5.69 Å². The first-order valence-electron chi connectivity index (χ1n) is 8.69. The summed E-state index contributed by atoms with van der Waals surface area (Å²) in [6.45, 7) is 1.59. The van der Waals surface area contributed by atoms with Gasteiger partial charge in [0.2, 0.25) is 9.84 Å². The van der Waals surface area contributed by atoms with Gasteiger partial charge in [0.05, 0.1) is 24.3 Å². The number of para-hydroxylation sites is 1. The van der Waals surface area contributed by atoms with Gasteiger partial charge >= 0.3 is 12.1 Å². The normalized spacial score (nSPS) is 11.9. The number of amides is 1. The molecule has 7 nitrogen and oxygen atoms in total. The number of anilines is 1. The fraction of sp³-hybridized carbons (Fsp3) is 0.143. The second-order valence-corrected chi connectivity index (χ2v) is 7.50. The van der Waals surface area contributed by atoms with Crippen LogP contribution in [0.4, 0.5) is 10.5 Å². The number of ether oxygens (including phenoxy) is 2. The van der Waals surface area contributed by atoms with Crippen LogP contribution in [0.3, 0.4) is 0 Å². The molecule has 29 heavy (non-hydrogen) atoms. The highest BCUT2D eigenvalue weighted by atomic mass is 32.2. The summed E-state index contributed by atoms with van der Waals surface area (Å²) in [5.41, 5.74) is 0.507. The van der Waals surface area contributed by atoms with Gasteiger partial charge in [-0.25, -0.2) is 18.0 Å². The highest BCUT2D eigenvalue weighted by Crippen LogP contribution is 2.21. The molecule has 0 spiro atoms. The average Bonchev–Trinajstić information content (AvgIpc) is 2.74. The summed E-state index contributed by atoms with van der Waals surface area (Å²) in [5, 5.41) is 0. The van der Waals surface area contributed by atoms with E-state index < -0.39 is 26.8 Å². The van der Waals surface area contributed by atoms with Crippen molar-refractivity contribution < 1.29 is 27.5 Å².